The molecule has 1 heterocycles. The van der Waals surface area contributed by atoms with Crippen LogP contribution in [0, 0.1) is 0 Å². The summed E-state index contributed by atoms with van der Waals surface area (Å²) in [6.07, 6.45) is 2.17. The number of hydrogen-bond donors (Lipinski definition) is 1. The van der Waals surface area contributed by atoms with E-state index in [-0.39, 0.29) is 0 Å². The minimum absolute atomic E-state index is 0.375. The Morgan fingerprint density at radius 3 is 2.55 bits per heavy atom. The largest absolute Gasteiger partial charge is 0.494 e. The van der Waals surface area contributed by atoms with E-state index in [1.807, 2.05) is 13.0 Å². The number of fused-ring (bicyclic) bond motifs is 1. The molecule has 1 aliphatic rings. The van der Waals surface area contributed by atoms with Crippen molar-refractivity contribution in [2.24, 2.45) is 5.73 Å². The van der Waals surface area contributed by atoms with Gasteiger partial charge in [0.1, 0.15) is 5.75 Å². The molecule has 0 radical (unpaired) electrons. The summed E-state index contributed by atoms with van der Waals surface area (Å²) in [4.78, 5) is 2.43. The molecule has 0 amide bonds. The maximum Gasteiger partial charge on any atom is 0.119 e. The predicted molar refractivity (Wildman–Crippen MR) is 84.5 cm³/mol. The van der Waals surface area contributed by atoms with Crippen molar-refractivity contribution in [3.8, 4) is 5.75 Å². The zero-order valence-electron chi connectivity index (χ0n) is 12.0. The smallest absolute Gasteiger partial charge is 0.119 e. The van der Waals surface area contributed by atoms with Crippen molar-refractivity contribution in [1.29, 1.82) is 0 Å². The highest BCUT2D eigenvalue weighted by atomic mass is 16.5. The van der Waals surface area contributed by atoms with Crippen LogP contribution in [-0.4, -0.2) is 25.7 Å². The quantitative estimate of drug-likeness (QED) is 0.931. The number of piperidine rings is 1. The number of ether oxygens (including phenoxy) is 1. The topological polar surface area (TPSA) is 38.5 Å². The van der Waals surface area contributed by atoms with Crippen LogP contribution < -0.4 is 15.4 Å². The molecule has 3 rings (SSSR count). The highest BCUT2D eigenvalue weighted by molar-refractivity contribution is 5.87. The summed E-state index contributed by atoms with van der Waals surface area (Å²) < 4.78 is 5.55. The molecule has 0 aliphatic carbocycles. The first kappa shape index (κ1) is 13.3. The van der Waals surface area contributed by atoms with Crippen molar-refractivity contribution < 1.29 is 4.74 Å². The van der Waals surface area contributed by atoms with Crippen molar-refractivity contribution in [1.82, 2.24) is 0 Å². The van der Waals surface area contributed by atoms with Crippen LogP contribution in [0.15, 0.2) is 36.4 Å². The summed E-state index contributed by atoms with van der Waals surface area (Å²) >= 11 is 0. The van der Waals surface area contributed by atoms with E-state index in [0.29, 0.717) is 12.6 Å². The highest BCUT2D eigenvalue weighted by Gasteiger charge is 2.16. The molecule has 2 aromatic carbocycles. The fraction of sp³-hybridized carbons (Fsp3) is 0.412. The van der Waals surface area contributed by atoms with Crippen molar-refractivity contribution in [2.75, 3.05) is 24.6 Å². The molecule has 2 aromatic rings. The molecule has 106 valence electrons. The van der Waals surface area contributed by atoms with E-state index in [9.17, 15) is 0 Å². The Hall–Kier alpha value is -1.74. The van der Waals surface area contributed by atoms with Crippen LogP contribution in [0.1, 0.15) is 19.8 Å². The monoisotopic (exact) mass is 270 g/mol. The molecule has 1 saturated heterocycles. The van der Waals surface area contributed by atoms with Gasteiger partial charge < -0.3 is 15.4 Å². The molecule has 0 unspecified atom stereocenters. The lowest BCUT2D eigenvalue weighted by Gasteiger charge is -2.32. The van der Waals surface area contributed by atoms with Gasteiger partial charge in [-0.1, -0.05) is 12.1 Å². The van der Waals surface area contributed by atoms with Crippen LogP contribution in [0.25, 0.3) is 10.8 Å². The van der Waals surface area contributed by atoms with Crippen LogP contribution in [-0.2, 0) is 0 Å². The standard InChI is InChI=1S/C17H22N2O/c1-2-20-17-6-4-13-11-16(5-3-14(13)12-17)19-9-7-15(18)8-10-19/h3-6,11-12,15H,2,7-10,18H2,1H3. The molecule has 1 fully saturated rings. The fourth-order valence-corrected chi connectivity index (χ4v) is 2.82. The second-order valence-electron chi connectivity index (χ2n) is 5.45. The van der Waals surface area contributed by atoms with Crippen LogP contribution >= 0.6 is 0 Å². The van der Waals surface area contributed by atoms with Gasteiger partial charge in [-0.05, 0) is 54.8 Å². The van der Waals surface area contributed by atoms with Crippen molar-refractivity contribution >= 4 is 16.5 Å². The van der Waals surface area contributed by atoms with Gasteiger partial charge in [0.05, 0.1) is 6.61 Å². The van der Waals surface area contributed by atoms with E-state index >= 15 is 0 Å². The summed E-state index contributed by atoms with van der Waals surface area (Å²) in [5, 5.41) is 2.49. The van der Waals surface area contributed by atoms with Gasteiger partial charge in [0.15, 0.2) is 0 Å². The van der Waals surface area contributed by atoms with Gasteiger partial charge in [0.2, 0.25) is 0 Å². The zero-order chi connectivity index (χ0) is 13.9. The molecule has 1 aliphatic heterocycles. The fourth-order valence-electron chi connectivity index (χ4n) is 2.82. The first-order valence-electron chi connectivity index (χ1n) is 7.43. The summed E-state index contributed by atoms with van der Waals surface area (Å²) in [5.41, 5.74) is 7.27. The minimum Gasteiger partial charge on any atom is -0.494 e. The lowest BCUT2D eigenvalue weighted by molar-refractivity contribution is 0.341. The summed E-state index contributed by atoms with van der Waals surface area (Å²) in [7, 11) is 0. The molecular formula is C17H22N2O. The Bertz CT molecular complexity index is 589. The molecule has 0 saturated carbocycles. The number of anilines is 1. The number of nitrogens with two attached hydrogens (primary N) is 1. The summed E-state index contributed by atoms with van der Waals surface area (Å²) in [6.45, 7) is 4.83. The molecule has 2 N–H and O–H groups in total. The highest BCUT2D eigenvalue weighted by Crippen LogP contribution is 2.27. The molecule has 0 bridgehead atoms. The molecule has 0 aromatic heterocycles. The number of hydrogen-bond acceptors (Lipinski definition) is 3. The van der Waals surface area contributed by atoms with Crippen LogP contribution in [0.5, 0.6) is 5.75 Å². The van der Waals surface area contributed by atoms with Crippen LogP contribution in [0.4, 0.5) is 5.69 Å². The summed E-state index contributed by atoms with van der Waals surface area (Å²) in [5.74, 6) is 0.941. The molecule has 20 heavy (non-hydrogen) atoms. The number of nitrogens with zero attached hydrogens (tertiary/aromatic N) is 1. The Labute approximate surface area is 120 Å². The lowest BCUT2D eigenvalue weighted by Crippen LogP contribution is -2.39. The molecular weight excluding hydrogens is 248 g/mol. The first-order chi connectivity index (χ1) is 9.76. The second kappa shape index (κ2) is 5.71. The molecule has 0 atom stereocenters. The third kappa shape index (κ3) is 2.73. The third-order valence-corrected chi connectivity index (χ3v) is 4.01. The first-order valence-corrected chi connectivity index (χ1v) is 7.43. The van der Waals surface area contributed by atoms with Gasteiger partial charge in [-0.25, -0.2) is 0 Å². The number of rotatable bonds is 3. The Balaban J connectivity index is 1.85. The normalized spacial score (nSPS) is 16.6. The van der Waals surface area contributed by atoms with Crippen molar-refractivity contribution in [3.05, 3.63) is 36.4 Å². The maximum absolute atomic E-state index is 5.97. The average molecular weight is 270 g/mol. The van der Waals surface area contributed by atoms with E-state index < -0.39 is 0 Å². The second-order valence-corrected chi connectivity index (χ2v) is 5.45. The maximum atomic E-state index is 5.97. The summed E-state index contributed by atoms with van der Waals surface area (Å²) in [6, 6.07) is 13.3. The van der Waals surface area contributed by atoms with E-state index in [1.165, 1.54) is 16.5 Å². The van der Waals surface area contributed by atoms with Crippen LogP contribution in [0.2, 0.25) is 0 Å². The Kier molecular flexibility index (Phi) is 3.79. The molecule has 3 heteroatoms. The minimum atomic E-state index is 0.375. The number of benzene rings is 2. The molecule has 0 spiro atoms. The van der Waals surface area contributed by atoms with Gasteiger partial charge in [-0.2, -0.15) is 0 Å². The van der Waals surface area contributed by atoms with Crippen molar-refractivity contribution in [3.63, 3.8) is 0 Å². The van der Waals surface area contributed by atoms with Gasteiger partial charge >= 0.3 is 0 Å². The van der Waals surface area contributed by atoms with Gasteiger partial charge in [-0.3, -0.25) is 0 Å². The third-order valence-electron chi connectivity index (χ3n) is 4.01. The van der Waals surface area contributed by atoms with Crippen molar-refractivity contribution in [2.45, 2.75) is 25.8 Å². The van der Waals surface area contributed by atoms with E-state index in [1.54, 1.807) is 0 Å². The predicted octanol–water partition coefficient (Wildman–Crippen LogP) is 3.17. The van der Waals surface area contributed by atoms with Gasteiger partial charge in [0, 0.05) is 24.8 Å². The van der Waals surface area contributed by atoms with Gasteiger partial charge in [-0.15, -0.1) is 0 Å². The van der Waals surface area contributed by atoms with Crippen LogP contribution in [0.3, 0.4) is 0 Å². The average Bonchev–Trinajstić information content (AvgIpc) is 2.48. The lowest BCUT2D eigenvalue weighted by atomic mass is 10.0. The van der Waals surface area contributed by atoms with E-state index in [0.717, 1.165) is 31.7 Å². The van der Waals surface area contributed by atoms with E-state index in [4.69, 9.17) is 10.5 Å². The zero-order valence-corrected chi connectivity index (χ0v) is 12.0. The van der Waals surface area contributed by atoms with E-state index in [2.05, 4.69) is 35.2 Å². The SMILES string of the molecule is CCOc1ccc2cc(N3CCC(N)CC3)ccc2c1. The molecule has 3 nitrogen and oxygen atoms in total. The Morgan fingerprint density at radius 1 is 1.10 bits per heavy atom. The van der Waals surface area contributed by atoms with Gasteiger partial charge in [0.25, 0.3) is 0 Å². The Morgan fingerprint density at radius 2 is 1.80 bits per heavy atom.